The van der Waals surface area contributed by atoms with Gasteiger partial charge in [-0.25, -0.2) is 4.60 Å². The van der Waals surface area contributed by atoms with Gasteiger partial charge in [0.2, 0.25) is 0 Å². The molecule has 236 valence electrons. The molecule has 0 fully saturated rings. The van der Waals surface area contributed by atoms with E-state index in [9.17, 15) is 13.4 Å². The molecule has 0 spiro atoms. The molecule has 2 N–H and O–H groups in total. The minimum Gasteiger partial charge on any atom is -0.497 e. The number of amidine groups is 1. The van der Waals surface area contributed by atoms with E-state index in [2.05, 4.69) is 53.3 Å². The summed E-state index contributed by atoms with van der Waals surface area (Å²) in [6, 6.07) is 27.8. The quantitative estimate of drug-likeness (QED) is 0.109. The first kappa shape index (κ1) is 32.9. The second kappa shape index (κ2) is 14.3. The second-order valence-corrected chi connectivity index (χ2v) is 12.6. The molecule has 2 heterocycles. The number of methoxy groups -OCH3 is 1. The van der Waals surface area contributed by atoms with E-state index in [1.54, 1.807) is 44.9 Å². The first-order chi connectivity index (χ1) is 22.2. The lowest BCUT2D eigenvalue weighted by molar-refractivity contribution is -0.427. The Morgan fingerprint density at radius 2 is 1.61 bits per heavy atom. The van der Waals surface area contributed by atoms with Crippen molar-refractivity contribution in [1.29, 1.82) is 0 Å². The maximum atomic E-state index is 14.8. The van der Waals surface area contributed by atoms with Crippen LogP contribution in [-0.2, 0) is 9.54 Å². The summed E-state index contributed by atoms with van der Waals surface area (Å²) in [5.41, 5.74) is 10.6. The Morgan fingerprint density at radius 1 is 1.00 bits per heavy atom. The number of ether oxygens (including phenoxy) is 1. The normalized spacial score (nSPS) is 15.7. The highest BCUT2D eigenvalue weighted by molar-refractivity contribution is 8.00. The minimum absolute atomic E-state index is 0.0395. The molecule has 0 aliphatic carbocycles. The van der Waals surface area contributed by atoms with Gasteiger partial charge in [0.25, 0.3) is 0 Å². The van der Waals surface area contributed by atoms with E-state index >= 15 is 0 Å². The first-order valence-electron chi connectivity index (χ1n) is 15.2. The van der Waals surface area contributed by atoms with Crippen LogP contribution in [0.4, 0.5) is 8.63 Å². The van der Waals surface area contributed by atoms with Crippen LogP contribution in [0.15, 0.2) is 114 Å². The van der Waals surface area contributed by atoms with Crippen molar-refractivity contribution in [2.24, 2.45) is 10.8 Å². The van der Waals surface area contributed by atoms with E-state index in [-0.39, 0.29) is 18.0 Å². The fourth-order valence-electron chi connectivity index (χ4n) is 5.56. The number of nitrogens with zero attached hydrogens (tertiary/aromatic N) is 3. The number of halogens is 2. The first-order valence-corrected chi connectivity index (χ1v) is 16.2. The number of carbonyl (C=O) groups excluding carboxylic acids is 1. The largest absolute Gasteiger partial charge is 0.762 e. The van der Waals surface area contributed by atoms with E-state index in [4.69, 9.17) is 10.5 Å². The average molecular weight is 639 g/mol. The van der Waals surface area contributed by atoms with Crippen LogP contribution >= 0.6 is 11.8 Å². The number of hydrogen-bond acceptors (Lipinski definition) is 6. The Kier molecular flexibility index (Phi) is 10.2. The van der Waals surface area contributed by atoms with Crippen molar-refractivity contribution in [3.8, 4) is 17.6 Å². The number of allylic oxidation sites excluding steroid dienone is 2. The summed E-state index contributed by atoms with van der Waals surface area (Å²) in [6.45, 7) is -0.838. The van der Waals surface area contributed by atoms with Crippen molar-refractivity contribution in [2.45, 2.75) is 43.9 Å². The monoisotopic (exact) mass is 638 g/mol. The number of unbranched alkanes of at least 4 members (excludes halogenated alkanes) is 1. The zero-order chi connectivity index (χ0) is 32.7. The third kappa shape index (κ3) is 6.86. The maximum Gasteiger partial charge on any atom is 0.762 e. The highest BCUT2D eigenvalue weighted by Crippen LogP contribution is 2.49. The van der Waals surface area contributed by atoms with Gasteiger partial charge in [0.1, 0.15) is 17.2 Å². The molecule has 10 heteroatoms. The highest BCUT2D eigenvalue weighted by atomic mass is 32.2. The van der Waals surface area contributed by atoms with Gasteiger partial charge >= 0.3 is 6.97 Å². The zero-order valence-electron chi connectivity index (χ0n) is 26.2. The molecule has 3 aromatic carbocycles. The number of Topliss-reactive ketones (excluding diaryl/α,β-unsaturated/α-hetero) is 1. The van der Waals surface area contributed by atoms with E-state index in [0.717, 1.165) is 31.8 Å². The summed E-state index contributed by atoms with van der Waals surface area (Å²) in [5.74, 6) is 7.28. The third-order valence-electron chi connectivity index (χ3n) is 7.96. The lowest BCUT2D eigenvalue weighted by Crippen LogP contribution is -2.49. The predicted molar refractivity (Wildman–Crippen MR) is 184 cm³/mol. The van der Waals surface area contributed by atoms with Gasteiger partial charge in [0.15, 0.2) is 5.84 Å². The lowest BCUT2D eigenvalue weighted by Gasteiger charge is -2.36. The average Bonchev–Trinajstić information content (AvgIpc) is 3.35. The maximum absolute atomic E-state index is 14.8. The summed E-state index contributed by atoms with van der Waals surface area (Å²) in [6.07, 6.45) is 5.80. The number of benzene rings is 3. The van der Waals surface area contributed by atoms with Gasteiger partial charge in [-0.05, 0) is 58.7 Å². The Bertz CT molecular complexity index is 1700. The van der Waals surface area contributed by atoms with Crippen LogP contribution in [0, 0.1) is 11.8 Å². The molecular weight excluding hydrogens is 601 g/mol. The molecule has 1 atom stereocenters. The topological polar surface area (TPSA) is 70.9 Å². The lowest BCUT2D eigenvalue weighted by atomic mass is 9.84. The number of ketones is 1. The molecule has 0 unspecified atom stereocenters. The summed E-state index contributed by atoms with van der Waals surface area (Å²) in [5, 5.41) is 4.01. The molecule has 0 aromatic heterocycles. The molecule has 0 radical (unpaired) electrons. The van der Waals surface area contributed by atoms with Crippen LogP contribution in [0.1, 0.15) is 49.8 Å². The van der Waals surface area contributed by atoms with E-state index in [0.29, 0.717) is 29.9 Å². The molecular formula is C36H37BF2N4O2S. The van der Waals surface area contributed by atoms with Crippen LogP contribution in [-0.4, -0.2) is 52.6 Å². The Labute approximate surface area is 273 Å². The zero-order valence-corrected chi connectivity index (χ0v) is 27.0. The fraction of sp³-hybridized carbons (Fsp3) is 0.250. The molecule has 2 aliphatic heterocycles. The van der Waals surface area contributed by atoms with E-state index in [1.165, 1.54) is 6.20 Å². The molecule has 46 heavy (non-hydrogen) atoms. The molecule has 0 bridgehead atoms. The Balaban J connectivity index is 1.25. The number of nitrogens with two attached hydrogens (primary N) is 1. The smallest absolute Gasteiger partial charge is 0.497 e. The Hall–Kier alpha value is -4.46. The van der Waals surface area contributed by atoms with Crippen LogP contribution in [0.5, 0.6) is 5.75 Å². The number of hydrogen-bond donors (Lipinski definition) is 1. The third-order valence-corrected chi connectivity index (χ3v) is 9.63. The van der Waals surface area contributed by atoms with E-state index in [1.807, 2.05) is 48.5 Å². The Morgan fingerprint density at radius 3 is 2.20 bits per heavy atom. The van der Waals surface area contributed by atoms with Crippen molar-refractivity contribution in [3.05, 3.63) is 126 Å². The summed E-state index contributed by atoms with van der Waals surface area (Å²) >= 11 is 1.64. The molecule has 5 rings (SSSR count). The summed E-state index contributed by atoms with van der Waals surface area (Å²) < 4.78 is 35.2. The standard InChI is InChI=1S/C36H37BF2N4O2S/c1-27(2)43-37(38,39)42-25-28(19-24-35(42)41-43)13-7-4-12-18-34(44)33(40)26-46-36(29-14-8-5-9-15-29,30-16-10-6-11-17-30)31-20-22-32(45-3)23-21-31/h5-6,8-11,14-17,19-25,33H,4,12,18,26,40H2,1-3H3/t33-/m0/s1. The number of thioether (sulfide) groups is 1. The van der Waals surface area contributed by atoms with Crippen molar-refractivity contribution >= 4 is 36.1 Å². The molecule has 0 saturated heterocycles. The minimum atomic E-state index is -4.04. The van der Waals surface area contributed by atoms with Gasteiger partial charge in [-0.15, -0.1) is 11.8 Å². The number of hydrazone groups is 1. The van der Waals surface area contributed by atoms with Crippen LogP contribution in [0.25, 0.3) is 0 Å². The van der Waals surface area contributed by atoms with Crippen LogP contribution in [0.2, 0.25) is 0 Å². The van der Waals surface area contributed by atoms with Gasteiger partial charge in [0.05, 0.1) is 17.9 Å². The van der Waals surface area contributed by atoms with Gasteiger partial charge in [-0.3, -0.25) is 4.79 Å². The van der Waals surface area contributed by atoms with Gasteiger partial charge in [0, 0.05) is 38.0 Å². The predicted octanol–water partition coefficient (Wildman–Crippen LogP) is 6.74. The summed E-state index contributed by atoms with van der Waals surface area (Å²) in [7, 11) is 1.64. The van der Waals surface area contributed by atoms with Gasteiger partial charge in [-0.2, -0.15) is 0 Å². The summed E-state index contributed by atoms with van der Waals surface area (Å²) in [4.78, 5) is 14.0. The van der Waals surface area contributed by atoms with Crippen molar-refractivity contribution < 1.29 is 22.8 Å². The van der Waals surface area contributed by atoms with Crippen LogP contribution in [0.3, 0.4) is 0 Å². The molecule has 3 aromatic rings. The SMILES string of the molecule is COc1ccc(C(SC[C@H](N)C(=O)CCCC#CC2=CN3C(=N[N+](=C(C)C)[B-]3(F)F)C=C2)(c2ccccc2)c2ccccc2)cc1. The number of carbonyl (C=O) groups is 1. The van der Waals surface area contributed by atoms with E-state index < -0.39 is 17.8 Å². The van der Waals surface area contributed by atoms with Gasteiger partial charge in [-0.1, -0.05) is 84.6 Å². The van der Waals surface area contributed by atoms with Crippen LogP contribution < -0.4 is 10.5 Å². The van der Waals surface area contributed by atoms with Crippen molar-refractivity contribution in [3.63, 3.8) is 0 Å². The van der Waals surface area contributed by atoms with Crippen molar-refractivity contribution in [1.82, 2.24) is 4.81 Å². The molecule has 6 nitrogen and oxygen atoms in total. The molecule has 2 aliphatic rings. The van der Waals surface area contributed by atoms with Crippen molar-refractivity contribution in [2.75, 3.05) is 12.9 Å². The highest BCUT2D eigenvalue weighted by Gasteiger charge is 2.56. The molecule has 0 saturated carbocycles. The second-order valence-electron chi connectivity index (χ2n) is 11.3. The number of fused-ring (bicyclic) bond motifs is 1. The molecule has 0 amide bonds. The fourth-order valence-corrected chi connectivity index (χ4v) is 7.08. The van der Waals surface area contributed by atoms with Gasteiger partial charge < -0.3 is 23.9 Å². The number of rotatable bonds is 11.